The van der Waals surface area contributed by atoms with Gasteiger partial charge in [0.05, 0.1) is 5.02 Å². The second kappa shape index (κ2) is 4.83. The summed E-state index contributed by atoms with van der Waals surface area (Å²) in [5, 5.41) is 0.291. The van der Waals surface area contributed by atoms with Crippen molar-refractivity contribution >= 4 is 21.6 Å². The number of rotatable bonds is 2. The summed E-state index contributed by atoms with van der Waals surface area (Å²) in [4.78, 5) is 0.210. The number of hydrogen-bond donors (Lipinski definition) is 0. The van der Waals surface area contributed by atoms with Crippen molar-refractivity contribution in [3.63, 3.8) is 0 Å². The van der Waals surface area contributed by atoms with E-state index in [0.29, 0.717) is 11.6 Å². The molecule has 1 fully saturated rings. The van der Waals surface area contributed by atoms with Gasteiger partial charge in [-0.15, -0.1) is 0 Å². The first kappa shape index (κ1) is 13.8. The van der Waals surface area contributed by atoms with E-state index < -0.39 is 10.0 Å². The van der Waals surface area contributed by atoms with Crippen LogP contribution in [0, 0.1) is 0 Å². The van der Waals surface area contributed by atoms with Crippen LogP contribution in [-0.4, -0.2) is 24.8 Å². The summed E-state index contributed by atoms with van der Waals surface area (Å²) in [5.41, 5.74) is -0.337. The van der Waals surface area contributed by atoms with Gasteiger partial charge in [0, 0.05) is 12.1 Å². The Hall–Kier alpha value is -0.580. The Morgan fingerprint density at radius 3 is 2.50 bits per heavy atom. The van der Waals surface area contributed by atoms with Crippen LogP contribution < -0.4 is 0 Å². The molecular formula is C13H18ClNO2S. The Morgan fingerprint density at radius 2 is 1.89 bits per heavy atom. The third-order valence-corrected chi connectivity index (χ3v) is 6.09. The van der Waals surface area contributed by atoms with Crippen LogP contribution in [0.1, 0.15) is 33.1 Å². The summed E-state index contributed by atoms with van der Waals surface area (Å²) in [6, 6.07) is 6.63. The van der Waals surface area contributed by atoms with Gasteiger partial charge in [-0.25, -0.2) is 8.42 Å². The molecule has 0 unspecified atom stereocenters. The maximum atomic E-state index is 12.7. The number of benzene rings is 1. The minimum Gasteiger partial charge on any atom is -0.207 e. The highest BCUT2D eigenvalue weighted by atomic mass is 35.5. The molecule has 1 aliphatic heterocycles. The van der Waals surface area contributed by atoms with Crippen molar-refractivity contribution in [2.45, 2.75) is 43.5 Å². The Bertz CT molecular complexity index is 540. The summed E-state index contributed by atoms with van der Waals surface area (Å²) < 4.78 is 26.9. The van der Waals surface area contributed by atoms with Gasteiger partial charge in [-0.1, -0.05) is 30.2 Å². The first-order valence-corrected chi connectivity index (χ1v) is 7.95. The lowest BCUT2D eigenvalue weighted by Crippen LogP contribution is -2.50. The fraction of sp³-hybridized carbons (Fsp3) is 0.538. The van der Waals surface area contributed by atoms with Crippen LogP contribution in [0.15, 0.2) is 29.2 Å². The summed E-state index contributed by atoms with van der Waals surface area (Å²) in [6.45, 7) is 4.52. The lowest BCUT2D eigenvalue weighted by Gasteiger charge is -2.41. The Balaban J connectivity index is 2.46. The van der Waals surface area contributed by atoms with Crippen molar-refractivity contribution < 1.29 is 8.42 Å². The molecule has 18 heavy (non-hydrogen) atoms. The maximum Gasteiger partial charge on any atom is 0.245 e. The van der Waals surface area contributed by atoms with Crippen LogP contribution in [0.5, 0.6) is 0 Å². The first-order valence-electron chi connectivity index (χ1n) is 6.13. The van der Waals surface area contributed by atoms with Crippen LogP contribution in [0.4, 0.5) is 0 Å². The molecule has 5 heteroatoms. The predicted molar refractivity (Wildman–Crippen MR) is 73.3 cm³/mol. The number of piperidine rings is 1. The fourth-order valence-corrected chi connectivity index (χ4v) is 4.80. The van der Waals surface area contributed by atoms with Gasteiger partial charge in [0.2, 0.25) is 10.0 Å². The zero-order valence-electron chi connectivity index (χ0n) is 10.7. The Kier molecular flexibility index (Phi) is 3.72. The predicted octanol–water partition coefficient (Wildman–Crippen LogP) is 3.29. The third-order valence-electron chi connectivity index (χ3n) is 3.48. The second-order valence-electron chi connectivity index (χ2n) is 5.28. The van der Waals surface area contributed by atoms with E-state index in [4.69, 9.17) is 11.6 Å². The van der Waals surface area contributed by atoms with E-state index in [1.54, 1.807) is 28.6 Å². The number of halogens is 1. The van der Waals surface area contributed by atoms with Crippen molar-refractivity contribution in [1.82, 2.24) is 4.31 Å². The molecule has 0 N–H and O–H groups in total. The zero-order chi connectivity index (χ0) is 13.4. The molecule has 3 nitrogen and oxygen atoms in total. The zero-order valence-corrected chi connectivity index (χ0v) is 12.3. The van der Waals surface area contributed by atoms with E-state index >= 15 is 0 Å². The van der Waals surface area contributed by atoms with Gasteiger partial charge >= 0.3 is 0 Å². The molecule has 0 spiro atoms. The van der Waals surface area contributed by atoms with Crippen molar-refractivity contribution in [3.05, 3.63) is 29.3 Å². The Labute approximate surface area is 114 Å². The number of nitrogens with zero attached hydrogens (tertiary/aromatic N) is 1. The average Bonchev–Trinajstić information content (AvgIpc) is 2.28. The minimum absolute atomic E-state index is 0.210. The highest BCUT2D eigenvalue weighted by Gasteiger charge is 2.39. The average molecular weight is 288 g/mol. The minimum atomic E-state index is -3.50. The monoisotopic (exact) mass is 287 g/mol. The van der Waals surface area contributed by atoms with Gasteiger partial charge in [-0.2, -0.15) is 4.31 Å². The molecule has 0 radical (unpaired) electrons. The van der Waals surface area contributed by atoms with E-state index in [1.807, 2.05) is 13.8 Å². The van der Waals surface area contributed by atoms with Gasteiger partial charge in [0.1, 0.15) is 4.90 Å². The number of sulfonamides is 1. The SMILES string of the molecule is CC1(C)CCCCN1S(=O)(=O)c1ccccc1Cl. The summed E-state index contributed by atoms with van der Waals surface area (Å²) in [7, 11) is -3.50. The molecule has 100 valence electrons. The molecule has 0 aliphatic carbocycles. The highest BCUT2D eigenvalue weighted by molar-refractivity contribution is 7.89. The third kappa shape index (κ3) is 2.42. The van der Waals surface area contributed by atoms with E-state index in [1.165, 1.54) is 0 Å². The van der Waals surface area contributed by atoms with E-state index in [9.17, 15) is 8.42 Å². The van der Waals surface area contributed by atoms with Crippen molar-refractivity contribution in [2.75, 3.05) is 6.54 Å². The van der Waals surface area contributed by atoms with Gasteiger partial charge in [-0.3, -0.25) is 0 Å². The van der Waals surface area contributed by atoms with Crippen molar-refractivity contribution in [1.29, 1.82) is 0 Å². The highest BCUT2D eigenvalue weighted by Crippen LogP contribution is 2.34. The second-order valence-corrected chi connectivity index (χ2v) is 7.52. The molecule has 0 amide bonds. The van der Waals surface area contributed by atoms with Gasteiger partial charge in [-0.05, 0) is 38.8 Å². The molecule has 0 bridgehead atoms. The standard InChI is InChI=1S/C13H18ClNO2S/c1-13(2)9-5-6-10-15(13)18(16,17)12-8-4-3-7-11(12)14/h3-4,7-8H,5-6,9-10H2,1-2H3. The smallest absolute Gasteiger partial charge is 0.207 e. The molecular weight excluding hydrogens is 270 g/mol. The molecule has 0 atom stereocenters. The van der Waals surface area contributed by atoms with Gasteiger partial charge in [0.15, 0.2) is 0 Å². The first-order chi connectivity index (χ1) is 8.36. The molecule has 2 rings (SSSR count). The van der Waals surface area contributed by atoms with E-state index in [2.05, 4.69) is 0 Å². The lowest BCUT2D eigenvalue weighted by atomic mass is 9.93. The summed E-state index contributed by atoms with van der Waals surface area (Å²) in [6.07, 6.45) is 2.87. The molecule has 0 aromatic heterocycles. The largest absolute Gasteiger partial charge is 0.245 e. The van der Waals surface area contributed by atoms with Crippen LogP contribution in [0.25, 0.3) is 0 Å². The summed E-state index contributed by atoms with van der Waals surface area (Å²) >= 11 is 6.02. The molecule has 1 heterocycles. The number of hydrogen-bond acceptors (Lipinski definition) is 2. The normalized spacial score (nSPS) is 20.8. The summed E-state index contributed by atoms with van der Waals surface area (Å²) in [5.74, 6) is 0. The van der Waals surface area contributed by atoms with Crippen LogP contribution in [-0.2, 0) is 10.0 Å². The topological polar surface area (TPSA) is 37.4 Å². The Morgan fingerprint density at radius 1 is 1.22 bits per heavy atom. The van der Waals surface area contributed by atoms with Crippen molar-refractivity contribution in [3.8, 4) is 0 Å². The molecule has 1 aromatic rings. The van der Waals surface area contributed by atoms with Crippen LogP contribution in [0.3, 0.4) is 0 Å². The van der Waals surface area contributed by atoms with Crippen LogP contribution >= 0.6 is 11.6 Å². The molecule has 1 saturated heterocycles. The van der Waals surface area contributed by atoms with Gasteiger partial charge < -0.3 is 0 Å². The molecule has 1 aromatic carbocycles. The molecule has 1 aliphatic rings. The van der Waals surface area contributed by atoms with Crippen molar-refractivity contribution in [2.24, 2.45) is 0 Å². The maximum absolute atomic E-state index is 12.7. The lowest BCUT2D eigenvalue weighted by molar-refractivity contribution is 0.170. The van der Waals surface area contributed by atoms with Crippen LogP contribution in [0.2, 0.25) is 5.02 Å². The van der Waals surface area contributed by atoms with E-state index in [0.717, 1.165) is 19.3 Å². The van der Waals surface area contributed by atoms with E-state index in [-0.39, 0.29) is 10.4 Å². The fourth-order valence-electron chi connectivity index (χ4n) is 2.46. The quantitative estimate of drug-likeness (QED) is 0.837. The van der Waals surface area contributed by atoms with Gasteiger partial charge in [0.25, 0.3) is 0 Å². The molecule has 0 saturated carbocycles.